The largest absolute Gasteiger partial charge is 0.507 e. The number of ether oxygens (including phenoxy) is 4. The van der Waals surface area contributed by atoms with Crippen molar-refractivity contribution in [1.29, 1.82) is 0 Å². The number of phenols is 4. The molecule has 9 N–H and O–H groups in total. The summed E-state index contributed by atoms with van der Waals surface area (Å²) in [5.74, 6) is -1.67. The number of phenolic OH excluding ortho intramolecular Hbond substituents is 4. The molecule has 16 heteroatoms. The van der Waals surface area contributed by atoms with Crippen LogP contribution in [0, 0.1) is 0 Å². The Morgan fingerprint density at radius 2 is 1.31 bits per heavy atom. The summed E-state index contributed by atoms with van der Waals surface area (Å²) in [6.45, 7) is -1.22. The minimum Gasteiger partial charge on any atom is -0.507 e. The van der Waals surface area contributed by atoms with Gasteiger partial charge in [-0.3, -0.25) is 14.8 Å². The zero-order valence-electron chi connectivity index (χ0n) is 27.8. The second-order valence-corrected chi connectivity index (χ2v) is 12.0. The van der Waals surface area contributed by atoms with E-state index >= 15 is 0 Å². The Labute approximate surface area is 296 Å². The molecule has 1 aliphatic rings. The Morgan fingerprint density at radius 3 is 1.81 bits per heavy atom. The van der Waals surface area contributed by atoms with Crippen LogP contribution in [0.1, 0.15) is 18.1 Å². The van der Waals surface area contributed by atoms with Crippen LogP contribution in [0.25, 0.3) is 21.5 Å². The maximum atomic E-state index is 11.7. The van der Waals surface area contributed by atoms with Crippen LogP contribution >= 0.6 is 0 Å². The van der Waals surface area contributed by atoms with E-state index in [0.717, 1.165) is 19.1 Å². The van der Waals surface area contributed by atoms with Gasteiger partial charge in [-0.15, -0.1) is 0 Å². The number of rotatable bonds is 14. The fraction of sp³-hybridized carbons (Fsp3) is 0.361. The summed E-state index contributed by atoms with van der Waals surface area (Å²) >= 11 is 0. The minimum absolute atomic E-state index is 0.132. The standard InChI is InChI=1S/C36H40N2O14/c1-18(41)49-35-33(47)31(17-40)52-36(34(35)48)51-29(14-37-12-23-19-6-2-4-8-21(19)25(42)10-27(23)44)30(16-39)50-32(46)15-38-13-24-20-7-3-5-9-22(20)26(43)11-28(24)45/h2-13,29-36,39-40,42-48H,14-17H2,1H3/t29-,30+,31+,32-,33+,34+,35-,36+/m1/s1. The zero-order valence-corrected chi connectivity index (χ0v) is 27.8. The molecule has 1 heterocycles. The van der Waals surface area contributed by atoms with E-state index in [9.17, 15) is 50.8 Å². The molecule has 0 spiro atoms. The smallest absolute Gasteiger partial charge is 0.303 e. The average molecular weight is 725 g/mol. The lowest BCUT2D eigenvalue weighted by atomic mass is 9.99. The van der Waals surface area contributed by atoms with Crippen LogP contribution < -0.4 is 0 Å². The van der Waals surface area contributed by atoms with Gasteiger partial charge in [0.25, 0.3) is 0 Å². The molecular weight excluding hydrogens is 684 g/mol. The van der Waals surface area contributed by atoms with Gasteiger partial charge in [-0.2, -0.15) is 0 Å². The Bertz CT molecular complexity index is 1920. The maximum absolute atomic E-state index is 11.7. The van der Waals surface area contributed by atoms with Crippen molar-refractivity contribution in [1.82, 2.24) is 0 Å². The third-order valence-corrected chi connectivity index (χ3v) is 8.43. The number of aliphatic hydroxyl groups excluding tert-OH is 5. The molecule has 278 valence electrons. The van der Waals surface area contributed by atoms with Crippen molar-refractivity contribution in [2.75, 3.05) is 26.3 Å². The van der Waals surface area contributed by atoms with Crippen LogP contribution in [0.3, 0.4) is 0 Å². The van der Waals surface area contributed by atoms with Gasteiger partial charge in [0.15, 0.2) is 18.7 Å². The summed E-state index contributed by atoms with van der Waals surface area (Å²) in [4.78, 5) is 20.2. The van der Waals surface area contributed by atoms with Crippen LogP contribution in [0.4, 0.5) is 0 Å². The molecule has 0 unspecified atom stereocenters. The lowest BCUT2D eigenvalue weighted by molar-refractivity contribution is -0.322. The summed E-state index contributed by atoms with van der Waals surface area (Å²) in [5.41, 5.74) is 0.506. The van der Waals surface area contributed by atoms with E-state index in [0.29, 0.717) is 21.5 Å². The fourth-order valence-corrected chi connectivity index (χ4v) is 5.89. The molecule has 0 radical (unpaired) electrons. The van der Waals surface area contributed by atoms with Crippen LogP contribution in [-0.4, -0.2) is 140 Å². The van der Waals surface area contributed by atoms with E-state index < -0.39 is 74.9 Å². The van der Waals surface area contributed by atoms with Crippen molar-refractivity contribution < 1.29 is 69.7 Å². The molecule has 0 amide bonds. The molecular formula is C36H40N2O14. The normalized spacial score (nSPS) is 22.6. The number of benzene rings is 4. The number of esters is 1. The third kappa shape index (κ3) is 8.58. The maximum Gasteiger partial charge on any atom is 0.303 e. The molecule has 5 rings (SSSR count). The Kier molecular flexibility index (Phi) is 12.6. The van der Waals surface area contributed by atoms with Gasteiger partial charge < -0.3 is 64.9 Å². The molecule has 1 aliphatic heterocycles. The number of carbonyl (C=O) groups is 1. The Morgan fingerprint density at radius 1 is 0.788 bits per heavy atom. The molecule has 0 bridgehead atoms. The number of aliphatic hydroxyl groups is 5. The molecule has 0 aliphatic carbocycles. The van der Waals surface area contributed by atoms with Crippen LogP contribution in [0.2, 0.25) is 0 Å². The second kappa shape index (κ2) is 17.1. The van der Waals surface area contributed by atoms with E-state index in [1.54, 1.807) is 48.5 Å². The second-order valence-electron chi connectivity index (χ2n) is 12.0. The first-order chi connectivity index (χ1) is 24.9. The molecule has 0 aromatic heterocycles. The number of hydrogen-bond donors (Lipinski definition) is 9. The summed E-state index contributed by atoms with van der Waals surface area (Å²) in [7, 11) is 0. The summed E-state index contributed by atoms with van der Waals surface area (Å²) < 4.78 is 22.3. The minimum atomic E-state index is -1.79. The topological polar surface area (TPSA) is 261 Å². The van der Waals surface area contributed by atoms with Gasteiger partial charge in [-0.25, -0.2) is 0 Å². The molecule has 52 heavy (non-hydrogen) atoms. The fourth-order valence-electron chi connectivity index (χ4n) is 5.89. The van der Waals surface area contributed by atoms with Crippen molar-refractivity contribution in [3.8, 4) is 23.0 Å². The van der Waals surface area contributed by atoms with Crippen molar-refractivity contribution in [3.63, 3.8) is 0 Å². The molecule has 4 aromatic rings. The number of aromatic hydroxyl groups is 4. The average Bonchev–Trinajstić information content (AvgIpc) is 3.12. The molecule has 16 nitrogen and oxygen atoms in total. The van der Waals surface area contributed by atoms with Gasteiger partial charge in [0.1, 0.15) is 53.5 Å². The summed E-state index contributed by atoms with van der Waals surface area (Å²) in [6, 6.07) is 15.8. The van der Waals surface area contributed by atoms with Gasteiger partial charge in [-0.05, 0) is 10.8 Å². The number of nitrogens with zero attached hydrogens (tertiary/aromatic N) is 2. The Balaban J connectivity index is 1.39. The van der Waals surface area contributed by atoms with Crippen molar-refractivity contribution >= 4 is 39.9 Å². The highest BCUT2D eigenvalue weighted by Gasteiger charge is 2.48. The predicted molar refractivity (Wildman–Crippen MR) is 186 cm³/mol. The van der Waals surface area contributed by atoms with Gasteiger partial charge in [-0.1, -0.05) is 48.5 Å². The van der Waals surface area contributed by atoms with Crippen LogP contribution in [-0.2, 0) is 23.7 Å². The third-order valence-electron chi connectivity index (χ3n) is 8.43. The van der Waals surface area contributed by atoms with Gasteiger partial charge >= 0.3 is 5.97 Å². The number of aliphatic imine (C=N–C) groups is 2. The van der Waals surface area contributed by atoms with Gasteiger partial charge in [0, 0.05) is 53.4 Å². The molecule has 0 saturated carbocycles. The van der Waals surface area contributed by atoms with Gasteiger partial charge in [0.05, 0.1) is 26.3 Å². The first-order valence-electron chi connectivity index (χ1n) is 16.2. The number of carbonyl (C=O) groups excluding carboxylic acids is 1. The SMILES string of the molecule is CC(=O)O[C@H]1[C@H](O)[C@@H](O[C@H](CN=Cc2c(O)cc(O)c3ccccc23)[C@H](CO)O[C@@H](O)CN=Cc2c(O)cc(O)c3ccccc23)O[C@@H](CO)[C@@H]1O. The number of hydrogen-bond acceptors (Lipinski definition) is 16. The quantitative estimate of drug-likeness (QED) is 0.0495. The Hall–Kier alpha value is -4.91. The first-order valence-corrected chi connectivity index (χ1v) is 16.2. The van der Waals surface area contributed by atoms with Crippen LogP contribution in [0.15, 0.2) is 70.6 Å². The van der Waals surface area contributed by atoms with Crippen molar-refractivity contribution in [2.45, 2.75) is 56.1 Å². The lowest BCUT2D eigenvalue weighted by Crippen LogP contribution is -2.61. The molecule has 8 atom stereocenters. The molecule has 4 aromatic carbocycles. The summed E-state index contributed by atoms with van der Waals surface area (Å²) in [5, 5.41) is 95.9. The first kappa shape index (κ1) is 38.3. The van der Waals surface area contributed by atoms with E-state index in [1.165, 1.54) is 12.4 Å². The van der Waals surface area contributed by atoms with E-state index in [4.69, 9.17) is 18.9 Å². The highest BCUT2D eigenvalue weighted by atomic mass is 16.7. The van der Waals surface area contributed by atoms with E-state index in [1.807, 2.05) is 0 Å². The lowest BCUT2D eigenvalue weighted by Gasteiger charge is -2.42. The molecule has 1 saturated heterocycles. The summed E-state index contributed by atoms with van der Waals surface area (Å²) in [6.07, 6.45) is -9.85. The van der Waals surface area contributed by atoms with Crippen molar-refractivity contribution in [3.05, 3.63) is 71.8 Å². The van der Waals surface area contributed by atoms with Crippen LogP contribution in [0.5, 0.6) is 23.0 Å². The van der Waals surface area contributed by atoms with E-state index in [-0.39, 0.29) is 40.7 Å². The van der Waals surface area contributed by atoms with Crippen molar-refractivity contribution in [2.24, 2.45) is 9.98 Å². The van der Waals surface area contributed by atoms with E-state index in [2.05, 4.69) is 9.98 Å². The predicted octanol–water partition coefficient (Wildman–Crippen LogP) is 0.805. The zero-order chi connectivity index (χ0) is 37.5. The highest BCUT2D eigenvalue weighted by Crippen LogP contribution is 2.35. The number of fused-ring (bicyclic) bond motifs is 2. The van der Waals surface area contributed by atoms with Gasteiger partial charge in [0.2, 0.25) is 0 Å². The molecule has 1 fully saturated rings. The highest BCUT2D eigenvalue weighted by molar-refractivity contribution is 6.05. The monoisotopic (exact) mass is 724 g/mol.